The van der Waals surface area contributed by atoms with Gasteiger partial charge in [-0.25, -0.2) is 0 Å². The molecule has 2 aromatic rings. The summed E-state index contributed by atoms with van der Waals surface area (Å²) < 4.78 is 6.54. The van der Waals surface area contributed by atoms with Gasteiger partial charge in [-0.15, -0.1) is 0 Å². The Labute approximate surface area is 170 Å². The molecule has 1 fully saturated rings. The molecule has 0 radical (unpaired) electrons. The molecular weight excluding hydrogens is 459 g/mol. The first-order valence-corrected chi connectivity index (χ1v) is 9.79. The van der Waals surface area contributed by atoms with Crippen LogP contribution < -0.4 is 5.32 Å². The number of rotatable bonds is 4. The predicted octanol–water partition coefficient (Wildman–Crippen LogP) is 3.32. The summed E-state index contributed by atoms with van der Waals surface area (Å²) in [4.78, 5) is 39.0. The molecule has 1 atom stereocenters. The minimum atomic E-state index is -0.366. The number of hydrogen-bond acceptors (Lipinski definition) is 4. The van der Waals surface area contributed by atoms with E-state index in [9.17, 15) is 14.4 Å². The number of nitrogens with zero attached hydrogens (tertiary/aromatic N) is 1. The average Bonchev–Trinajstić information content (AvgIpc) is 3.25. The van der Waals surface area contributed by atoms with Gasteiger partial charge in [-0.05, 0) is 71.8 Å². The van der Waals surface area contributed by atoms with Crippen molar-refractivity contribution in [2.24, 2.45) is 0 Å². The quantitative estimate of drug-likeness (QED) is 0.543. The van der Waals surface area contributed by atoms with E-state index >= 15 is 0 Å². The number of carbonyl (C=O) groups is 3. The molecule has 1 N–H and O–H groups in total. The topological polar surface area (TPSA) is 75.7 Å². The fourth-order valence-corrected chi connectivity index (χ4v) is 3.90. The number of halogens is 1. The lowest BCUT2D eigenvalue weighted by atomic mass is 10.1. The first-order valence-electron chi connectivity index (χ1n) is 8.72. The van der Waals surface area contributed by atoms with Crippen LogP contribution in [-0.2, 0) is 4.74 Å². The van der Waals surface area contributed by atoms with Crippen LogP contribution in [0.25, 0.3) is 0 Å². The third-order valence-electron chi connectivity index (χ3n) is 4.73. The molecule has 2 aromatic carbocycles. The molecule has 0 aromatic heterocycles. The van der Waals surface area contributed by atoms with Gasteiger partial charge in [-0.1, -0.05) is 6.07 Å². The van der Waals surface area contributed by atoms with Crippen LogP contribution in [0, 0.1) is 3.57 Å². The van der Waals surface area contributed by atoms with Crippen molar-refractivity contribution in [2.45, 2.75) is 18.9 Å². The molecule has 2 aliphatic rings. The highest BCUT2D eigenvalue weighted by Crippen LogP contribution is 2.26. The van der Waals surface area contributed by atoms with Crippen LogP contribution in [0.15, 0.2) is 42.5 Å². The minimum Gasteiger partial charge on any atom is -0.376 e. The molecule has 4 rings (SSSR count). The number of anilines is 1. The van der Waals surface area contributed by atoms with E-state index in [2.05, 4.69) is 27.9 Å². The highest BCUT2D eigenvalue weighted by atomic mass is 127. The molecule has 138 valence electrons. The molecule has 3 amide bonds. The monoisotopic (exact) mass is 476 g/mol. The fourth-order valence-electron chi connectivity index (χ4n) is 3.36. The van der Waals surface area contributed by atoms with Crippen LogP contribution in [0.5, 0.6) is 0 Å². The minimum absolute atomic E-state index is 0.101. The number of imide groups is 1. The Morgan fingerprint density at radius 3 is 2.70 bits per heavy atom. The normalized spacial score (nSPS) is 18.7. The van der Waals surface area contributed by atoms with E-state index in [-0.39, 0.29) is 35.9 Å². The van der Waals surface area contributed by atoms with Crippen molar-refractivity contribution in [3.8, 4) is 0 Å². The van der Waals surface area contributed by atoms with E-state index in [0.29, 0.717) is 23.4 Å². The van der Waals surface area contributed by atoms with Gasteiger partial charge in [0.05, 0.1) is 23.8 Å². The second-order valence-electron chi connectivity index (χ2n) is 6.58. The number of carbonyl (C=O) groups excluding carboxylic acids is 3. The largest absolute Gasteiger partial charge is 0.376 e. The van der Waals surface area contributed by atoms with Gasteiger partial charge in [0.15, 0.2) is 0 Å². The number of fused-ring (bicyclic) bond motifs is 1. The zero-order valence-corrected chi connectivity index (χ0v) is 16.6. The first-order chi connectivity index (χ1) is 13.0. The summed E-state index contributed by atoms with van der Waals surface area (Å²) in [6, 6.07) is 12.0. The third-order valence-corrected chi connectivity index (χ3v) is 5.40. The van der Waals surface area contributed by atoms with Gasteiger partial charge in [-0.2, -0.15) is 0 Å². The van der Waals surface area contributed by atoms with E-state index in [4.69, 9.17) is 4.74 Å². The Morgan fingerprint density at radius 2 is 1.96 bits per heavy atom. The molecule has 0 spiro atoms. The zero-order valence-electron chi connectivity index (χ0n) is 14.4. The molecule has 6 nitrogen and oxygen atoms in total. The second kappa shape index (κ2) is 7.40. The zero-order chi connectivity index (χ0) is 19.0. The lowest BCUT2D eigenvalue weighted by Crippen LogP contribution is -2.36. The van der Waals surface area contributed by atoms with Crippen molar-refractivity contribution in [1.29, 1.82) is 0 Å². The van der Waals surface area contributed by atoms with Crippen LogP contribution in [0.1, 0.15) is 43.9 Å². The molecule has 0 saturated carbocycles. The first kappa shape index (κ1) is 18.1. The van der Waals surface area contributed by atoms with E-state index in [1.54, 1.807) is 18.2 Å². The highest BCUT2D eigenvalue weighted by molar-refractivity contribution is 14.1. The highest BCUT2D eigenvalue weighted by Gasteiger charge is 2.37. The van der Waals surface area contributed by atoms with Gasteiger partial charge in [0, 0.05) is 21.4 Å². The van der Waals surface area contributed by atoms with Crippen molar-refractivity contribution in [3.63, 3.8) is 0 Å². The number of benzene rings is 2. The van der Waals surface area contributed by atoms with Crippen LogP contribution >= 0.6 is 22.6 Å². The molecule has 2 heterocycles. The number of ether oxygens (including phenoxy) is 1. The van der Waals surface area contributed by atoms with Crippen LogP contribution in [-0.4, -0.2) is 41.9 Å². The summed E-state index contributed by atoms with van der Waals surface area (Å²) in [5, 5.41) is 2.81. The predicted molar refractivity (Wildman–Crippen MR) is 108 cm³/mol. The molecule has 0 unspecified atom stereocenters. The van der Waals surface area contributed by atoms with Crippen molar-refractivity contribution in [2.75, 3.05) is 18.5 Å². The van der Waals surface area contributed by atoms with Gasteiger partial charge < -0.3 is 10.1 Å². The summed E-state index contributed by atoms with van der Waals surface area (Å²) >= 11 is 2.17. The smallest absolute Gasteiger partial charge is 0.261 e. The Kier molecular flexibility index (Phi) is 4.96. The summed E-state index contributed by atoms with van der Waals surface area (Å²) in [6.45, 7) is 0.924. The summed E-state index contributed by atoms with van der Waals surface area (Å²) in [5.74, 6) is -1.01. The van der Waals surface area contributed by atoms with Crippen LogP contribution in [0.3, 0.4) is 0 Å². The number of nitrogens with one attached hydrogen (secondary N) is 1. The Balaban J connectivity index is 1.54. The molecule has 1 saturated heterocycles. The van der Waals surface area contributed by atoms with Gasteiger partial charge in [0.25, 0.3) is 17.7 Å². The maximum Gasteiger partial charge on any atom is 0.261 e. The number of hydrogen-bond donors (Lipinski definition) is 1. The maximum absolute atomic E-state index is 12.7. The third kappa shape index (κ3) is 3.61. The molecular formula is C20H17IN2O4. The summed E-state index contributed by atoms with van der Waals surface area (Å²) in [5.41, 5.74) is 1.62. The molecule has 2 aliphatic heterocycles. The van der Waals surface area contributed by atoms with Gasteiger partial charge in [0.1, 0.15) is 0 Å². The van der Waals surface area contributed by atoms with Gasteiger partial charge >= 0.3 is 0 Å². The standard InChI is InChI=1S/C20H17IN2O4/c21-13-3-1-4-14(10-13)22-18(24)12-6-7-16-17(9-12)20(26)23(19(16)25)11-15-5-2-8-27-15/h1,3-4,6-7,9-10,15H,2,5,8,11H2,(H,22,24)/t15-/m1/s1. The Morgan fingerprint density at radius 1 is 1.15 bits per heavy atom. The van der Waals surface area contributed by atoms with Crippen molar-refractivity contribution in [3.05, 3.63) is 62.7 Å². The lowest BCUT2D eigenvalue weighted by molar-refractivity contribution is 0.0475. The van der Waals surface area contributed by atoms with E-state index in [0.717, 1.165) is 16.4 Å². The van der Waals surface area contributed by atoms with Crippen LogP contribution in [0.2, 0.25) is 0 Å². The van der Waals surface area contributed by atoms with E-state index in [1.807, 2.05) is 18.2 Å². The summed E-state index contributed by atoms with van der Waals surface area (Å²) in [7, 11) is 0. The summed E-state index contributed by atoms with van der Waals surface area (Å²) in [6.07, 6.45) is 1.68. The molecule has 27 heavy (non-hydrogen) atoms. The Hall–Kier alpha value is -2.26. The van der Waals surface area contributed by atoms with Crippen molar-refractivity contribution < 1.29 is 19.1 Å². The van der Waals surface area contributed by atoms with Gasteiger partial charge in [0.2, 0.25) is 0 Å². The average molecular weight is 476 g/mol. The van der Waals surface area contributed by atoms with E-state index < -0.39 is 0 Å². The van der Waals surface area contributed by atoms with Crippen LogP contribution in [0.4, 0.5) is 5.69 Å². The van der Waals surface area contributed by atoms with E-state index in [1.165, 1.54) is 11.0 Å². The molecule has 7 heteroatoms. The molecule has 0 bridgehead atoms. The SMILES string of the molecule is O=C(Nc1cccc(I)c1)c1ccc2c(c1)C(=O)N(C[C@H]1CCCO1)C2=O. The Bertz CT molecular complexity index is 937. The molecule has 0 aliphatic carbocycles. The fraction of sp³-hybridized carbons (Fsp3) is 0.250. The lowest BCUT2D eigenvalue weighted by Gasteiger charge is -2.17. The second-order valence-corrected chi connectivity index (χ2v) is 7.83. The van der Waals surface area contributed by atoms with Crippen molar-refractivity contribution in [1.82, 2.24) is 4.90 Å². The number of amides is 3. The van der Waals surface area contributed by atoms with Gasteiger partial charge in [-0.3, -0.25) is 19.3 Å². The van der Waals surface area contributed by atoms with Crippen molar-refractivity contribution >= 4 is 46.0 Å². The maximum atomic E-state index is 12.7.